The van der Waals surface area contributed by atoms with Gasteiger partial charge in [0, 0.05) is 7.05 Å². The monoisotopic (exact) mass is 387 g/mol. The number of nitrogens with zero attached hydrogens (tertiary/aromatic N) is 1. The molecule has 0 saturated heterocycles. The topological polar surface area (TPSA) is 118 Å². The molecule has 0 bridgehead atoms. The molecular weight excluding hydrogens is 374 g/mol. The molecule has 1 aromatic carbocycles. The summed E-state index contributed by atoms with van der Waals surface area (Å²) in [4.78, 5) is 28.3. The Morgan fingerprint density at radius 1 is 1.20 bits per heavy atom. The van der Waals surface area contributed by atoms with Gasteiger partial charge in [-0.05, 0) is 30.3 Å². The van der Waals surface area contributed by atoms with Crippen LogP contribution in [-0.4, -0.2) is 38.9 Å². The minimum atomic E-state index is -3.96. The molecule has 0 unspecified atom stereocenters. The zero-order chi connectivity index (χ0) is 18.6. The highest BCUT2D eigenvalue weighted by Crippen LogP contribution is 2.22. The normalized spacial score (nSPS) is 11.4. The number of sulfonamides is 1. The van der Waals surface area contributed by atoms with Crippen LogP contribution in [0.1, 0.15) is 20.9 Å². The molecule has 0 spiro atoms. The maximum atomic E-state index is 12.2. The molecule has 0 aliphatic heterocycles. The zero-order valence-electron chi connectivity index (χ0n) is 13.1. The van der Waals surface area contributed by atoms with Gasteiger partial charge in [-0.15, -0.1) is 0 Å². The van der Waals surface area contributed by atoms with Gasteiger partial charge in [0.2, 0.25) is 0 Å². The summed E-state index contributed by atoms with van der Waals surface area (Å²) in [7, 11) is -1.57. The lowest BCUT2D eigenvalue weighted by atomic mass is 10.2. The quantitative estimate of drug-likeness (QED) is 0.744. The van der Waals surface area contributed by atoms with Crippen molar-refractivity contribution in [1.82, 2.24) is 15.3 Å². The zero-order valence-corrected chi connectivity index (χ0v) is 14.7. The molecule has 1 heterocycles. The highest BCUT2D eigenvalue weighted by molar-refractivity contribution is 7.89. The van der Waals surface area contributed by atoms with Crippen LogP contribution in [0.2, 0.25) is 5.02 Å². The third kappa shape index (κ3) is 4.17. The Bertz CT molecular complexity index is 882. The molecule has 0 saturated carbocycles. The van der Waals surface area contributed by atoms with E-state index in [-0.39, 0.29) is 21.2 Å². The molecule has 2 rings (SSSR count). The van der Waals surface area contributed by atoms with Crippen molar-refractivity contribution in [1.29, 1.82) is 0 Å². The van der Waals surface area contributed by atoms with Crippen LogP contribution in [0.15, 0.2) is 45.9 Å². The van der Waals surface area contributed by atoms with Gasteiger partial charge in [0.25, 0.3) is 15.9 Å². The highest BCUT2D eigenvalue weighted by Gasteiger charge is 2.23. The van der Waals surface area contributed by atoms with Gasteiger partial charge >= 0.3 is 5.91 Å². The largest absolute Gasteiger partial charge is 0.459 e. The van der Waals surface area contributed by atoms with Crippen molar-refractivity contribution in [3.63, 3.8) is 0 Å². The first kappa shape index (κ1) is 18.9. The minimum absolute atomic E-state index is 0.00349. The van der Waals surface area contributed by atoms with E-state index in [0.29, 0.717) is 4.47 Å². The minimum Gasteiger partial charge on any atom is -0.459 e. The lowest BCUT2D eigenvalue weighted by Crippen LogP contribution is -2.41. The number of hydrogen-bond donors (Lipinski definition) is 2. The third-order valence-corrected chi connectivity index (χ3v) is 5.12. The van der Waals surface area contributed by atoms with Crippen LogP contribution in [0.4, 0.5) is 0 Å². The van der Waals surface area contributed by atoms with E-state index in [9.17, 15) is 18.0 Å². The maximum Gasteiger partial charge on any atom is 0.305 e. The number of furan rings is 1. The first-order chi connectivity index (χ1) is 11.8. The number of hydrogen-bond acceptors (Lipinski definition) is 6. The molecule has 0 aliphatic rings. The predicted molar refractivity (Wildman–Crippen MR) is 87.1 cm³/mol. The van der Waals surface area contributed by atoms with Crippen LogP contribution in [0.3, 0.4) is 0 Å². The van der Waals surface area contributed by atoms with Gasteiger partial charge in [0.15, 0.2) is 5.76 Å². The number of amides is 2. The van der Waals surface area contributed by atoms with E-state index < -0.39 is 21.8 Å². The van der Waals surface area contributed by atoms with Crippen molar-refractivity contribution in [3.05, 3.63) is 52.9 Å². The predicted octanol–water partition coefficient (Wildman–Crippen LogP) is 1.19. The molecule has 0 fully saturated rings. The Hall–Kier alpha value is -2.40. The lowest BCUT2D eigenvalue weighted by molar-refractivity contribution is -0.0258. The number of rotatable bonds is 5. The van der Waals surface area contributed by atoms with Gasteiger partial charge in [0.1, 0.15) is 0 Å². The van der Waals surface area contributed by atoms with Crippen LogP contribution in [0, 0.1) is 0 Å². The van der Waals surface area contributed by atoms with E-state index in [2.05, 4.69) is 15.7 Å². The van der Waals surface area contributed by atoms with E-state index in [1.54, 1.807) is 0 Å². The van der Waals surface area contributed by atoms with Crippen molar-refractivity contribution in [2.45, 2.75) is 4.90 Å². The third-order valence-electron chi connectivity index (χ3n) is 3.11. The Morgan fingerprint density at radius 2 is 1.88 bits per heavy atom. The Morgan fingerprint density at radius 3 is 2.48 bits per heavy atom. The Balaban J connectivity index is 2.19. The van der Waals surface area contributed by atoms with E-state index in [1.165, 1.54) is 44.7 Å². The second-order valence-electron chi connectivity index (χ2n) is 4.62. The molecule has 0 aliphatic carbocycles. The molecule has 2 N–H and O–H groups in total. The molecule has 25 heavy (non-hydrogen) atoms. The molecule has 2 aromatic rings. The number of carbonyl (C=O) groups excluding carboxylic acids is 2. The van der Waals surface area contributed by atoms with E-state index in [1.807, 2.05) is 0 Å². The van der Waals surface area contributed by atoms with Crippen molar-refractivity contribution in [3.8, 4) is 0 Å². The van der Waals surface area contributed by atoms with Gasteiger partial charge in [-0.25, -0.2) is 8.42 Å². The fraction of sp³-hybridized carbons (Fsp3) is 0.143. The first-order valence-corrected chi connectivity index (χ1v) is 8.56. The number of benzene rings is 1. The molecule has 0 radical (unpaired) electrons. The van der Waals surface area contributed by atoms with Gasteiger partial charge < -0.3 is 4.42 Å². The summed E-state index contributed by atoms with van der Waals surface area (Å²) in [5.41, 5.74) is 4.11. The fourth-order valence-electron chi connectivity index (χ4n) is 1.74. The Kier molecular flexibility index (Phi) is 5.80. The van der Waals surface area contributed by atoms with E-state index in [4.69, 9.17) is 16.0 Å². The van der Waals surface area contributed by atoms with Crippen molar-refractivity contribution >= 4 is 33.4 Å². The second-order valence-corrected chi connectivity index (χ2v) is 6.97. The molecule has 9 nitrogen and oxygen atoms in total. The lowest BCUT2D eigenvalue weighted by Gasteiger charge is -2.15. The summed E-state index contributed by atoms with van der Waals surface area (Å²) in [6.07, 6.45) is 1.30. The van der Waals surface area contributed by atoms with Crippen LogP contribution in [0.25, 0.3) is 0 Å². The maximum absolute atomic E-state index is 12.2. The van der Waals surface area contributed by atoms with E-state index in [0.717, 1.165) is 6.07 Å². The van der Waals surface area contributed by atoms with Crippen molar-refractivity contribution in [2.24, 2.45) is 0 Å². The smallest absolute Gasteiger partial charge is 0.305 e. The molecule has 1 aromatic heterocycles. The summed E-state index contributed by atoms with van der Waals surface area (Å²) >= 11 is 5.94. The summed E-state index contributed by atoms with van der Waals surface area (Å²) in [5, 5.41) is 0.00349. The standard InChI is InChI=1S/C14H14ClN3O6S/c1-18(23-2)25(21,22)9-5-6-11(15)10(8-9)13(19)16-17-14(20)12-4-3-7-24-12/h3-8H,1-2H3,(H,16,19)(H,17,20). The average molecular weight is 388 g/mol. The van der Waals surface area contributed by atoms with Crippen molar-refractivity contribution in [2.75, 3.05) is 14.2 Å². The summed E-state index contributed by atoms with van der Waals surface area (Å²) in [6, 6.07) is 6.46. The molecule has 134 valence electrons. The molecule has 0 atom stereocenters. The van der Waals surface area contributed by atoms with Crippen LogP contribution in [-0.2, 0) is 14.9 Å². The van der Waals surface area contributed by atoms with Gasteiger partial charge in [-0.1, -0.05) is 16.1 Å². The highest BCUT2D eigenvalue weighted by atomic mass is 35.5. The number of hydrazine groups is 1. The van der Waals surface area contributed by atoms with Gasteiger partial charge in [-0.3, -0.25) is 25.3 Å². The van der Waals surface area contributed by atoms with E-state index >= 15 is 0 Å². The van der Waals surface area contributed by atoms with Crippen molar-refractivity contribution < 1.29 is 27.3 Å². The van der Waals surface area contributed by atoms with Crippen LogP contribution < -0.4 is 10.9 Å². The number of carbonyl (C=O) groups is 2. The molecule has 2 amide bonds. The average Bonchev–Trinajstić information content (AvgIpc) is 3.13. The second kappa shape index (κ2) is 7.66. The fourth-order valence-corrected chi connectivity index (χ4v) is 2.94. The number of nitrogens with one attached hydrogen (secondary N) is 2. The first-order valence-electron chi connectivity index (χ1n) is 6.74. The van der Waals surface area contributed by atoms with Gasteiger partial charge in [0.05, 0.1) is 28.9 Å². The Labute approximate surface area is 148 Å². The molecular formula is C14H14ClN3O6S. The molecule has 11 heteroatoms. The number of halogens is 1. The summed E-state index contributed by atoms with van der Waals surface area (Å²) in [5.74, 6) is -1.50. The summed E-state index contributed by atoms with van der Waals surface area (Å²) in [6.45, 7) is 0. The summed E-state index contributed by atoms with van der Waals surface area (Å²) < 4.78 is 29.9. The van der Waals surface area contributed by atoms with Gasteiger partial charge in [-0.2, -0.15) is 0 Å². The SMILES string of the molecule is CON(C)S(=O)(=O)c1ccc(Cl)c(C(=O)NNC(=O)c2ccco2)c1. The van der Waals surface area contributed by atoms with Crippen LogP contribution >= 0.6 is 11.6 Å². The van der Waals surface area contributed by atoms with Crippen LogP contribution in [0.5, 0.6) is 0 Å². The number of hydroxylamine groups is 1.